The standard InChI is InChI=1S/C28H28ClN5/c1-5-6-7-8-18(2)23-12-11-19-9-10-20(17-24(19)31-23)25-26-27(29)30-13-14-34(26)28(32-25)21-15-22(16-21)33(3)4/h5-14,17,21-22H,2,15-16H2,1,3-4H3/b6-5-,8-7-. The number of halogens is 1. The van der Waals surface area contributed by atoms with Crippen molar-refractivity contribution in [2.75, 3.05) is 14.1 Å². The van der Waals surface area contributed by atoms with Crippen molar-refractivity contribution >= 4 is 33.6 Å². The second kappa shape index (κ2) is 9.16. The molecule has 0 amide bonds. The van der Waals surface area contributed by atoms with E-state index >= 15 is 0 Å². The van der Waals surface area contributed by atoms with Gasteiger partial charge in [-0.25, -0.2) is 15.0 Å². The van der Waals surface area contributed by atoms with Gasteiger partial charge in [0.1, 0.15) is 11.3 Å². The summed E-state index contributed by atoms with van der Waals surface area (Å²) in [6, 6.07) is 10.9. The van der Waals surface area contributed by atoms with Crippen molar-refractivity contribution in [1.82, 2.24) is 24.3 Å². The molecule has 0 saturated heterocycles. The van der Waals surface area contributed by atoms with Crippen LogP contribution in [-0.2, 0) is 0 Å². The van der Waals surface area contributed by atoms with Crippen LogP contribution < -0.4 is 0 Å². The number of nitrogens with zero attached hydrogens (tertiary/aromatic N) is 5. The van der Waals surface area contributed by atoms with Crippen LogP contribution in [0.25, 0.3) is 33.3 Å². The van der Waals surface area contributed by atoms with Gasteiger partial charge in [0.2, 0.25) is 0 Å². The first-order chi connectivity index (χ1) is 16.5. The number of allylic oxidation sites excluding steroid dienone is 5. The second-order valence-electron chi connectivity index (χ2n) is 9.06. The van der Waals surface area contributed by atoms with Crippen molar-refractivity contribution in [3.8, 4) is 11.3 Å². The lowest BCUT2D eigenvalue weighted by atomic mass is 9.79. The fourth-order valence-electron chi connectivity index (χ4n) is 4.55. The molecule has 6 heteroatoms. The zero-order valence-corrected chi connectivity index (χ0v) is 20.5. The van der Waals surface area contributed by atoms with E-state index in [9.17, 15) is 0 Å². The molecule has 34 heavy (non-hydrogen) atoms. The molecule has 172 valence electrons. The van der Waals surface area contributed by atoms with Gasteiger partial charge in [0.15, 0.2) is 5.15 Å². The number of imidazole rings is 1. The van der Waals surface area contributed by atoms with Gasteiger partial charge in [-0.05, 0) is 51.6 Å². The van der Waals surface area contributed by atoms with Crippen LogP contribution in [0.1, 0.15) is 37.2 Å². The smallest absolute Gasteiger partial charge is 0.155 e. The molecule has 0 spiro atoms. The Balaban J connectivity index is 1.57. The highest BCUT2D eigenvalue weighted by Gasteiger charge is 2.35. The minimum absolute atomic E-state index is 0.407. The number of hydrogen-bond donors (Lipinski definition) is 0. The van der Waals surface area contributed by atoms with Gasteiger partial charge in [-0.2, -0.15) is 0 Å². The summed E-state index contributed by atoms with van der Waals surface area (Å²) in [5, 5.41) is 1.53. The van der Waals surface area contributed by atoms with Gasteiger partial charge in [-0.3, -0.25) is 4.40 Å². The molecule has 1 fully saturated rings. The van der Waals surface area contributed by atoms with Crippen LogP contribution in [0.4, 0.5) is 0 Å². The molecule has 3 heterocycles. The van der Waals surface area contributed by atoms with E-state index in [4.69, 9.17) is 21.6 Å². The number of pyridine rings is 1. The number of hydrogen-bond acceptors (Lipinski definition) is 4. The van der Waals surface area contributed by atoms with E-state index in [0.29, 0.717) is 17.1 Å². The molecule has 0 bridgehead atoms. The van der Waals surface area contributed by atoms with Gasteiger partial charge in [-0.1, -0.05) is 60.7 Å². The summed E-state index contributed by atoms with van der Waals surface area (Å²) in [6.07, 6.45) is 13.8. The van der Waals surface area contributed by atoms with E-state index in [0.717, 1.165) is 57.6 Å². The highest BCUT2D eigenvalue weighted by molar-refractivity contribution is 6.33. The van der Waals surface area contributed by atoms with E-state index < -0.39 is 0 Å². The minimum Gasteiger partial charge on any atom is -0.306 e. The molecular formula is C28H28ClN5. The van der Waals surface area contributed by atoms with Crippen molar-refractivity contribution in [1.29, 1.82) is 0 Å². The average Bonchev–Trinajstić information content (AvgIpc) is 3.18. The fourth-order valence-corrected chi connectivity index (χ4v) is 4.78. The third-order valence-corrected chi connectivity index (χ3v) is 6.92. The summed E-state index contributed by atoms with van der Waals surface area (Å²) in [6.45, 7) is 6.15. The molecular weight excluding hydrogens is 442 g/mol. The van der Waals surface area contributed by atoms with Crippen LogP contribution in [0.5, 0.6) is 0 Å². The van der Waals surface area contributed by atoms with Crippen LogP contribution in [-0.4, -0.2) is 44.4 Å². The predicted molar refractivity (Wildman–Crippen MR) is 141 cm³/mol. The van der Waals surface area contributed by atoms with Crippen molar-refractivity contribution < 1.29 is 0 Å². The van der Waals surface area contributed by atoms with Gasteiger partial charge in [0.25, 0.3) is 0 Å². The van der Waals surface area contributed by atoms with Gasteiger partial charge in [0, 0.05) is 35.3 Å². The minimum atomic E-state index is 0.407. The molecule has 1 aromatic carbocycles. The zero-order chi connectivity index (χ0) is 23.8. The van der Waals surface area contributed by atoms with E-state index in [1.807, 2.05) is 43.5 Å². The molecule has 1 aliphatic rings. The monoisotopic (exact) mass is 469 g/mol. The van der Waals surface area contributed by atoms with Crippen LogP contribution in [0, 0.1) is 0 Å². The van der Waals surface area contributed by atoms with Crippen LogP contribution >= 0.6 is 11.6 Å². The van der Waals surface area contributed by atoms with Crippen LogP contribution in [0.3, 0.4) is 0 Å². The Hall–Kier alpha value is -3.28. The summed E-state index contributed by atoms with van der Waals surface area (Å²) in [7, 11) is 4.27. The summed E-state index contributed by atoms with van der Waals surface area (Å²) in [5.41, 5.74) is 5.30. The van der Waals surface area contributed by atoms with Gasteiger partial charge < -0.3 is 4.90 Å². The molecule has 1 aliphatic carbocycles. The molecule has 0 N–H and O–H groups in total. The Labute approximate surface area is 205 Å². The Bertz CT molecular complexity index is 1440. The van der Waals surface area contributed by atoms with E-state index in [2.05, 4.69) is 59.2 Å². The van der Waals surface area contributed by atoms with Gasteiger partial charge in [-0.15, -0.1) is 0 Å². The topological polar surface area (TPSA) is 46.3 Å². The Kier molecular flexibility index (Phi) is 6.07. The third kappa shape index (κ3) is 4.06. The molecule has 5 rings (SSSR count). The van der Waals surface area contributed by atoms with Gasteiger partial charge in [0.05, 0.1) is 16.9 Å². The number of benzene rings is 1. The van der Waals surface area contributed by atoms with E-state index in [-0.39, 0.29) is 0 Å². The number of aromatic nitrogens is 4. The lowest BCUT2D eigenvalue weighted by Gasteiger charge is -2.38. The molecule has 0 atom stereocenters. The molecule has 0 aliphatic heterocycles. The molecule has 0 unspecified atom stereocenters. The Morgan fingerprint density at radius 3 is 2.71 bits per heavy atom. The largest absolute Gasteiger partial charge is 0.306 e. The average molecular weight is 470 g/mol. The first-order valence-corrected chi connectivity index (χ1v) is 11.9. The lowest BCUT2D eigenvalue weighted by molar-refractivity contribution is 0.161. The number of rotatable bonds is 6. The summed E-state index contributed by atoms with van der Waals surface area (Å²) in [4.78, 5) is 16.6. The molecule has 3 aromatic heterocycles. The molecule has 1 saturated carbocycles. The fraction of sp³-hybridized carbons (Fsp3) is 0.250. The first kappa shape index (κ1) is 22.5. The second-order valence-corrected chi connectivity index (χ2v) is 9.41. The maximum atomic E-state index is 6.60. The first-order valence-electron chi connectivity index (χ1n) is 11.5. The summed E-state index contributed by atoms with van der Waals surface area (Å²) in [5.74, 6) is 1.46. The van der Waals surface area contributed by atoms with Crippen LogP contribution in [0.2, 0.25) is 5.15 Å². The molecule has 0 radical (unpaired) electrons. The predicted octanol–water partition coefficient (Wildman–Crippen LogP) is 6.55. The molecule has 4 aromatic rings. The maximum absolute atomic E-state index is 6.60. The lowest BCUT2D eigenvalue weighted by Crippen LogP contribution is -2.39. The summed E-state index contributed by atoms with van der Waals surface area (Å²) < 4.78 is 2.11. The SMILES string of the molecule is C=C(/C=C\C=C/C)c1ccc2ccc(-c3nc(C4CC(N(C)C)C4)n4ccnc(Cl)c34)cc2n1. The normalized spacial score (nSPS) is 18.5. The van der Waals surface area contributed by atoms with E-state index in [1.54, 1.807) is 6.20 Å². The summed E-state index contributed by atoms with van der Waals surface area (Å²) >= 11 is 6.60. The van der Waals surface area contributed by atoms with Gasteiger partial charge >= 0.3 is 0 Å². The van der Waals surface area contributed by atoms with Crippen molar-refractivity contribution in [2.45, 2.75) is 31.7 Å². The van der Waals surface area contributed by atoms with Crippen molar-refractivity contribution in [2.24, 2.45) is 0 Å². The van der Waals surface area contributed by atoms with Crippen molar-refractivity contribution in [3.63, 3.8) is 0 Å². The van der Waals surface area contributed by atoms with Crippen molar-refractivity contribution in [3.05, 3.63) is 90.3 Å². The highest BCUT2D eigenvalue weighted by atomic mass is 35.5. The van der Waals surface area contributed by atoms with E-state index in [1.165, 1.54) is 0 Å². The Morgan fingerprint density at radius 1 is 1.15 bits per heavy atom. The zero-order valence-electron chi connectivity index (χ0n) is 19.7. The maximum Gasteiger partial charge on any atom is 0.155 e. The molecule has 5 nitrogen and oxygen atoms in total. The quantitative estimate of drug-likeness (QED) is 0.300. The number of fused-ring (bicyclic) bond motifs is 2. The van der Waals surface area contributed by atoms with Crippen LogP contribution in [0.15, 0.2) is 73.6 Å². The third-order valence-electron chi connectivity index (χ3n) is 6.64. The highest BCUT2D eigenvalue weighted by Crippen LogP contribution is 2.41. The Morgan fingerprint density at radius 2 is 1.94 bits per heavy atom.